The van der Waals surface area contributed by atoms with Crippen LogP contribution in [0.1, 0.15) is 27.7 Å². The molecule has 6 heteroatoms. The normalized spacial score (nSPS) is 19.3. The average Bonchev–Trinajstić information content (AvgIpc) is 2.51. The lowest BCUT2D eigenvalue weighted by atomic mass is 10.1. The molecule has 0 radical (unpaired) electrons. The molecule has 2 rings (SSSR count). The fourth-order valence-electron chi connectivity index (χ4n) is 1.99. The number of ether oxygens (including phenoxy) is 2. The molecule has 128 valence electrons. The summed E-state index contributed by atoms with van der Waals surface area (Å²) < 4.78 is 11.5. The maximum Gasteiger partial charge on any atom is 0.174 e. The molecule has 23 heavy (non-hydrogen) atoms. The van der Waals surface area contributed by atoms with E-state index in [0.29, 0.717) is 24.6 Å². The van der Waals surface area contributed by atoms with Crippen molar-refractivity contribution in [1.29, 1.82) is 0 Å². The predicted octanol–water partition coefficient (Wildman–Crippen LogP) is 1.97. The molecule has 0 aromatic heterocycles. The Bertz CT molecular complexity index is 540. The minimum atomic E-state index is -0.616. The van der Waals surface area contributed by atoms with Crippen molar-refractivity contribution < 1.29 is 19.4 Å². The van der Waals surface area contributed by atoms with Gasteiger partial charge in [0.1, 0.15) is 19.3 Å². The lowest BCUT2D eigenvalue weighted by Gasteiger charge is -2.26. The summed E-state index contributed by atoms with van der Waals surface area (Å²) in [5, 5.41) is 17.1. The maximum atomic E-state index is 9.85. The average molecular weight is 322 g/mol. The molecule has 0 saturated carbocycles. The highest BCUT2D eigenvalue weighted by atomic mass is 16.6. The molecule has 0 amide bonds. The van der Waals surface area contributed by atoms with Gasteiger partial charge in [-0.3, -0.25) is 0 Å². The zero-order valence-corrected chi connectivity index (χ0v) is 14.2. The summed E-state index contributed by atoms with van der Waals surface area (Å²) in [5.74, 6) is 1.44. The zero-order valence-electron chi connectivity index (χ0n) is 14.2. The monoisotopic (exact) mass is 322 g/mol. The first-order valence-electron chi connectivity index (χ1n) is 7.83. The van der Waals surface area contributed by atoms with E-state index in [1.165, 1.54) is 0 Å². The number of oxime groups is 1. The second kappa shape index (κ2) is 7.66. The Kier molecular flexibility index (Phi) is 5.85. The molecule has 0 fully saturated rings. The number of hydrogen-bond donors (Lipinski definition) is 2. The Morgan fingerprint density at radius 3 is 2.78 bits per heavy atom. The van der Waals surface area contributed by atoms with E-state index >= 15 is 0 Å². The van der Waals surface area contributed by atoms with Crippen LogP contribution >= 0.6 is 0 Å². The maximum absolute atomic E-state index is 9.85. The summed E-state index contributed by atoms with van der Waals surface area (Å²) in [6.07, 6.45) is -0.898. The fourth-order valence-corrected chi connectivity index (χ4v) is 1.99. The van der Waals surface area contributed by atoms with Crippen LogP contribution in [0, 0.1) is 0 Å². The van der Waals surface area contributed by atoms with Crippen molar-refractivity contribution in [3.05, 3.63) is 24.3 Å². The fraction of sp³-hybridized carbons (Fsp3) is 0.588. The smallest absolute Gasteiger partial charge is 0.174 e. The van der Waals surface area contributed by atoms with Crippen molar-refractivity contribution in [2.75, 3.05) is 19.8 Å². The Morgan fingerprint density at radius 2 is 2.09 bits per heavy atom. The van der Waals surface area contributed by atoms with E-state index in [-0.39, 0.29) is 18.2 Å². The predicted molar refractivity (Wildman–Crippen MR) is 89.2 cm³/mol. The summed E-state index contributed by atoms with van der Waals surface area (Å²) in [6.45, 7) is 8.92. The van der Waals surface area contributed by atoms with Gasteiger partial charge in [0.05, 0.1) is 5.71 Å². The number of aliphatic hydroxyl groups is 1. The first kappa shape index (κ1) is 17.6. The number of nitrogens with one attached hydrogen (secondary N) is 1. The number of benzene rings is 1. The van der Waals surface area contributed by atoms with Gasteiger partial charge in [0.2, 0.25) is 0 Å². The Balaban J connectivity index is 1.78. The summed E-state index contributed by atoms with van der Waals surface area (Å²) in [5.41, 5.74) is 0.636. The number of rotatable bonds is 6. The third kappa shape index (κ3) is 5.73. The molecule has 0 aliphatic carbocycles. The third-order valence-corrected chi connectivity index (χ3v) is 3.32. The number of para-hydroxylation sites is 2. The Hall–Kier alpha value is -1.79. The van der Waals surface area contributed by atoms with Gasteiger partial charge in [-0.05, 0) is 39.8 Å². The zero-order chi connectivity index (χ0) is 16.9. The molecule has 0 spiro atoms. The molecule has 2 unspecified atom stereocenters. The first-order valence-corrected chi connectivity index (χ1v) is 7.83. The number of β-amino-alcohol motifs (C(OH)–C–C–N with tert-alkyl or cyclic N) is 1. The topological polar surface area (TPSA) is 72.3 Å². The van der Waals surface area contributed by atoms with Gasteiger partial charge in [-0.2, -0.15) is 0 Å². The van der Waals surface area contributed by atoms with Crippen LogP contribution in [0.3, 0.4) is 0 Å². The van der Waals surface area contributed by atoms with Crippen molar-refractivity contribution in [3.8, 4) is 11.5 Å². The third-order valence-electron chi connectivity index (χ3n) is 3.32. The molecular formula is C17H26N2O4. The van der Waals surface area contributed by atoms with E-state index in [9.17, 15) is 5.11 Å². The quantitative estimate of drug-likeness (QED) is 0.619. The van der Waals surface area contributed by atoms with Crippen LogP contribution in [0.2, 0.25) is 0 Å². The molecular weight excluding hydrogens is 296 g/mol. The van der Waals surface area contributed by atoms with Crippen LogP contribution in [0.25, 0.3) is 0 Å². The SMILES string of the molecule is CC(=NOCC(O)CNC(C)(C)C)C1COc2ccccc2O1. The van der Waals surface area contributed by atoms with E-state index < -0.39 is 6.10 Å². The van der Waals surface area contributed by atoms with Crippen LogP contribution in [0.5, 0.6) is 11.5 Å². The van der Waals surface area contributed by atoms with Gasteiger partial charge >= 0.3 is 0 Å². The minimum absolute atomic E-state index is 0.0408. The van der Waals surface area contributed by atoms with Crippen molar-refractivity contribution in [2.24, 2.45) is 5.16 Å². The summed E-state index contributed by atoms with van der Waals surface area (Å²) >= 11 is 0. The van der Waals surface area contributed by atoms with E-state index in [0.717, 1.165) is 5.75 Å². The highest BCUT2D eigenvalue weighted by Crippen LogP contribution is 2.31. The summed E-state index contributed by atoms with van der Waals surface area (Å²) in [6, 6.07) is 7.52. The molecule has 2 N–H and O–H groups in total. The largest absolute Gasteiger partial charge is 0.485 e. The first-order chi connectivity index (χ1) is 10.8. The second-order valence-electron chi connectivity index (χ2n) is 6.68. The number of hydrogen-bond acceptors (Lipinski definition) is 6. The standard InChI is InChI=1S/C17H26N2O4/c1-12(19-22-10-13(20)9-18-17(2,3)4)16-11-21-14-7-5-6-8-15(14)23-16/h5-8,13,16,18,20H,9-11H2,1-4H3. The van der Waals surface area contributed by atoms with Gasteiger partial charge < -0.3 is 24.7 Å². The highest BCUT2D eigenvalue weighted by molar-refractivity contribution is 5.86. The summed E-state index contributed by atoms with van der Waals surface area (Å²) in [7, 11) is 0. The molecule has 1 heterocycles. The lowest BCUT2D eigenvalue weighted by molar-refractivity contribution is 0.0347. The highest BCUT2D eigenvalue weighted by Gasteiger charge is 2.23. The molecule has 1 aliphatic heterocycles. The molecule has 1 aromatic carbocycles. The minimum Gasteiger partial charge on any atom is -0.485 e. The van der Waals surface area contributed by atoms with Crippen LogP contribution in [-0.4, -0.2) is 48.3 Å². The van der Waals surface area contributed by atoms with E-state index in [2.05, 4.69) is 10.5 Å². The molecule has 0 saturated heterocycles. The molecule has 2 atom stereocenters. The lowest BCUT2D eigenvalue weighted by Crippen LogP contribution is -2.42. The van der Waals surface area contributed by atoms with Gasteiger partial charge in [-0.25, -0.2) is 0 Å². The van der Waals surface area contributed by atoms with Gasteiger partial charge in [-0.15, -0.1) is 0 Å². The summed E-state index contributed by atoms with van der Waals surface area (Å²) in [4.78, 5) is 5.23. The Labute approximate surface area is 137 Å². The van der Waals surface area contributed by atoms with Crippen molar-refractivity contribution in [3.63, 3.8) is 0 Å². The number of nitrogens with zero attached hydrogens (tertiary/aromatic N) is 1. The van der Waals surface area contributed by atoms with E-state index in [1.54, 1.807) is 0 Å². The van der Waals surface area contributed by atoms with Crippen LogP contribution in [0.15, 0.2) is 29.4 Å². The van der Waals surface area contributed by atoms with E-state index in [1.807, 2.05) is 52.0 Å². The van der Waals surface area contributed by atoms with Crippen molar-refractivity contribution >= 4 is 5.71 Å². The van der Waals surface area contributed by atoms with Gasteiger partial charge in [0.15, 0.2) is 17.6 Å². The number of fused-ring (bicyclic) bond motifs is 1. The van der Waals surface area contributed by atoms with Crippen LogP contribution in [0.4, 0.5) is 0 Å². The second-order valence-corrected chi connectivity index (χ2v) is 6.68. The number of aliphatic hydroxyl groups excluding tert-OH is 1. The van der Waals surface area contributed by atoms with Gasteiger partial charge in [0.25, 0.3) is 0 Å². The van der Waals surface area contributed by atoms with Crippen LogP contribution in [-0.2, 0) is 4.84 Å². The van der Waals surface area contributed by atoms with Crippen molar-refractivity contribution in [2.45, 2.75) is 45.4 Å². The van der Waals surface area contributed by atoms with Crippen molar-refractivity contribution in [1.82, 2.24) is 5.32 Å². The van der Waals surface area contributed by atoms with Gasteiger partial charge in [-0.1, -0.05) is 17.3 Å². The molecule has 0 bridgehead atoms. The Morgan fingerprint density at radius 1 is 1.39 bits per heavy atom. The van der Waals surface area contributed by atoms with E-state index in [4.69, 9.17) is 14.3 Å². The molecule has 1 aliphatic rings. The molecule has 1 aromatic rings. The molecule has 6 nitrogen and oxygen atoms in total. The van der Waals surface area contributed by atoms with Crippen LogP contribution < -0.4 is 14.8 Å². The van der Waals surface area contributed by atoms with Gasteiger partial charge in [0, 0.05) is 12.1 Å².